The van der Waals surface area contributed by atoms with Crippen molar-refractivity contribution in [2.75, 3.05) is 0 Å². The zero-order valence-corrected chi connectivity index (χ0v) is 62.7. The lowest BCUT2D eigenvalue weighted by molar-refractivity contribution is -0.156. The SMILES string of the molecule is CCC(C)(C)C(=O)OCc1c2cccc3c2c2c(ccc4cccc1c42)=CC3.CCC(C)(C)C(=O)OCc1c2ccccc2c2c3c(cccc13)CC=C2.CCC(C)C(=O)OCc1c2cccc3c2c2c(ccc4cccc1c42)=CC3.CCC(C)C(=O)OCc1c2ccccc2c2c3c(cccc13)CC=C2. The Morgan fingerprint density at radius 2 is 0.642 bits per heavy atom. The Labute approximate surface area is 620 Å². The van der Waals surface area contributed by atoms with Crippen molar-refractivity contribution in [2.45, 2.75) is 147 Å². The molecule has 0 saturated carbocycles. The van der Waals surface area contributed by atoms with Gasteiger partial charge in [0.15, 0.2) is 0 Å². The van der Waals surface area contributed by atoms with Crippen molar-refractivity contribution in [2.24, 2.45) is 22.7 Å². The molecule has 4 aliphatic carbocycles. The Kier molecular flexibility index (Phi) is 19.5. The molecular weight excluding hydrogens is 1310 g/mol. The van der Waals surface area contributed by atoms with Crippen LogP contribution in [0.25, 0.3) is 132 Å². The van der Waals surface area contributed by atoms with Gasteiger partial charge < -0.3 is 18.9 Å². The molecule has 18 rings (SSSR count). The molecule has 14 aromatic rings. The number of carbonyl (C=O) groups excluding carboxylic acids is 4. The molecule has 0 fully saturated rings. The first-order chi connectivity index (χ1) is 51.4. The Balaban J connectivity index is 0.000000113. The molecule has 0 radical (unpaired) electrons. The van der Waals surface area contributed by atoms with Gasteiger partial charge in [0.05, 0.1) is 22.7 Å². The zero-order valence-electron chi connectivity index (χ0n) is 62.7. The van der Waals surface area contributed by atoms with Gasteiger partial charge in [-0.05, 0) is 231 Å². The fraction of sp³-hybridized carbons (Fsp3) is 0.265. The molecule has 4 aliphatic rings. The van der Waals surface area contributed by atoms with Crippen LogP contribution in [0, 0.1) is 22.7 Å². The number of ether oxygens (including phenoxy) is 4. The molecule has 2 unspecified atom stereocenters. The summed E-state index contributed by atoms with van der Waals surface area (Å²) in [4.78, 5) is 49.6. The van der Waals surface area contributed by atoms with Crippen LogP contribution in [0.4, 0.5) is 0 Å². The van der Waals surface area contributed by atoms with Gasteiger partial charge in [-0.3, -0.25) is 19.2 Å². The lowest BCUT2D eigenvalue weighted by Gasteiger charge is -2.23. The Morgan fingerprint density at radius 3 is 1.01 bits per heavy atom. The molecular formula is C98H92O8. The molecule has 106 heavy (non-hydrogen) atoms. The molecule has 2 atom stereocenters. The van der Waals surface area contributed by atoms with Crippen molar-refractivity contribution >= 4 is 156 Å². The van der Waals surface area contributed by atoms with Crippen LogP contribution < -0.4 is 10.4 Å². The van der Waals surface area contributed by atoms with E-state index in [1.807, 2.05) is 69.2 Å². The van der Waals surface area contributed by atoms with Crippen LogP contribution in [0.2, 0.25) is 0 Å². The maximum absolute atomic E-state index is 12.6. The lowest BCUT2D eigenvalue weighted by atomic mass is 9.85. The molecule has 14 aromatic carbocycles. The molecule has 0 aromatic heterocycles. The van der Waals surface area contributed by atoms with E-state index in [4.69, 9.17) is 18.9 Å². The number of fused-ring (bicyclic) bond motifs is 4. The molecule has 0 N–H and O–H groups in total. The van der Waals surface area contributed by atoms with Gasteiger partial charge in [0, 0.05) is 22.3 Å². The Bertz CT molecular complexity index is 6100. The molecule has 8 heteroatoms. The van der Waals surface area contributed by atoms with Crippen molar-refractivity contribution < 1.29 is 38.1 Å². The van der Waals surface area contributed by atoms with E-state index < -0.39 is 10.8 Å². The van der Waals surface area contributed by atoms with Crippen LogP contribution in [0.15, 0.2) is 194 Å². The van der Waals surface area contributed by atoms with E-state index in [0.29, 0.717) is 26.4 Å². The van der Waals surface area contributed by atoms with Crippen LogP contribution in [0.5, 0.6) is 0 Å². The third-order valence-corrected chi connectivity index (χ3v) is 23.5. The van der Waals surface area contributed by atoms with Crippen molar-refractivity contribution in [3.63, 3.8) is 0 Å². The minimum atomic E-state index is -0.461. The summed E-state index contributed by atoms with van der Waals surface area (Å²) in [6.45, 7) is 21.0. The van der Waals surface area contributed by atoms with Gasteiger partial charge in [0.25, 0.3) is 0 Å². The smallest absolute Gasteiger partial charge is 0.311 e. The number of rotatable bonds is 16. The number of benzene rings is 14. The second kappa shape index (κ2) is 29.2. The summed E-state index contributed by atoms with van der Waals surface area (Å²) in [6.07, 6.45) is 20.5. The van der Waals surface area contributed by atoms with E-state index >= 15 is 0 Å². The van der Waals surface area contributed by atoms with E-state index in [9.17, 15) is 19.2 Å². The molecule has 0 saturated heterocycles. The fourth-order valence-electron chi connectivity index (χ4n) is 16.2. The Morgan fingerprint density at radius 1 is 0.330 bits per heavy atom. The van der Waals surface area contributed by atoms with Gasteiger partial charge in [-0.1, -0.05) is 260 Å². The fourth-order valence-corrected chi connectivity index (χ4v) is 16.2. The van der Waals surface area contributed by atoms with Crippen LogP contribution in [0.3, 0.4) is 0 Å². The summed E-state index contributed by atoms with van der Waals surface area (Å²) in [7, 11) is 0. The van der Waals surface area contributed by atoms with Gasteiger partial charge in [-0.15, -0.1) is 0 Å². The topological polar surface area (TPSA) is 105 Å². The molecule has 0 amide bonds. The molecule has 532 valence electrons. The van der Waals surface area contributed by atoms with Crippen LogP contribution in [-0.2, 0) is 90.2 Å². The second-order valence-electron chi connectivity index (χ2n) is 30.5. The predicted molar refractivity (Wildman–Crippen MR) is 439 cm³/mol. The second-order valence-corrected chi connectivity index (χ2v) is 30.5. The van der Waals surface area contributed by atoms with Crippen molar-refractivity contribution in [1.82, 2.24) is 0 Å². The first kappa shape index (κ1) is 70.7. The lowest BCUT2D eigenvalue weighted by Crippen LogP contribution is -2.25. The number of esters is 4. The average molecular weight is 1400 g/mol. The quantitative estimate of drug-likeness (QED) is 0.0408. The maximum Gasteiger partial charge on any atom is 0.311 e. The predicted octanol–water partition coefficient (Wildman–Crippen LogP) is 22.7. The highest BCUT2D eigenvalue weighted by atomic mass is 16.5. The van der Waals surface area contributed by atoms with Crippen LogP contribution >= 0.6 is 0 Å². The van der Waals surface area contributed by atoms with Gasteiger partial charge >= 0.3 is 23.9 Å². The summed E-state index contributed by atoms with van der Waals surface area (Å²) < 4.78 is 23.0. The monoisotopic (exact) mass is 1400 g/mol. The summed E-state index contributed by atoms with van der Waals surface area (Å²) in [5.41, 5.74) is 11.5. The van der Waals surface area contributed by atoms with Gasteiger partial charge in [-0.2, -0.15) is 0 Å². The standard InChI is InChI=1S/C26H24O2.C25H22O2.C24H24O2.C23H22O2/c1-4-26(2,3)25(27)28-15-21-19-9-5-7-16-11-13-18-14-12-17-8-6-10-20(21)23(17)24(18)22(16)19;1-3-15(2)25(26)27-14-21-19-8-4-6-16-10-12-18-13-11-17-7-5-9-20(21)23(17)24(18)22(16)19;1-4-24(2,3)23(25)26-15-21-18-12-6-5-11-17(18)19-13-7-9-16-10-8-14-20(21)22(16)19;1-3-15(2)23(24)25-14-21-18-11-5-4-10-17(18)19-12-6-8-16-9-7-13-20(21)22(16)19/h5-11,13-14H,4,12,15H2,1-3H3;4-10,12-13,15H,3,11,14H2,1-2H3;5-8,10-14H,4,9,15H2,1-3H3;4-7,9-13,15H,3,8,14H2,1-2H3. The largest absolute Gasteiger partial charge is 0.461 e. The van der Waals surface area contributed by atoms with E-state index in [1.165, 1.54) is 152 Å². The van der Waals surface area contributed by atoms with E-state index in [1.54, 1.807) is 0 Å². The average Bonchev–Trinajstić information content (AvgIpc) is 0.728. The zero-order chi connectivity index (χ0) is 73.7. The summed E-state index contributed by atoms with van der Waals surface area (Å²) in [5, 5.41) is 27.6. The number of allylic oxidation sites excluding steroid dienone is 2. The summed E-state index contributed by atoms with van der Waals surface area (Å²) in [5.74, 6) is -0.629. The van der Waals surface area contributed by atoms with Gasteiger partial charge in [0.2, 0.25) is 0 Å². The molecule has 0 bridgehead atoms. The van der Waals surface area contributed by atoms with E-state index in [2.05, 4.69) is 218 Å². The highest BCUT2D eigenvalue weighted by Gasteiger charge is 2.31. The highest BCUT2D eigenvalue weighted by Crippen LogP contribution is 2.44. The van der Waals surface area contributed by atoms with Crippen molar-refractivity contribution in [3.8, 4) is 0 Å². The van der Waals surface area contributed by atoms with Crippen LogP contribution in [0.1, 0.15) is 151 Å². The van der Waals surface area contributed by atoms with Crippen molar-refractivity contribution in [1.29, 1.82) is 0 Å². The maximum atomic E-state index is 12.6. The Hall–Kier alpha value is -11.0. The molecule has 0 spiro atoms. The minimum Gasteiger partial charge on any atom is -0.461 e. The molecule has 8 nitrogen and oxygen atoms in total. The highest BCUT2D eigenvalue weighted by molar-refractivity contribution is 6.26. The van der Waals surface area contributed by atoms with E-state index in [0.717, 1.165) is 73.6 Å². The molecule has 0 heterocycles. The molecule has 0 aliphatic heterocycles. The number of hydrogen-bond acceptors (Lipinski definition) is 8. The van der Waals surface area contributed by atoms with Gasteiger partial charge in [0.1, 0.15) is 26.4 Å². The third kappa shape index (κ3) is 12.7. The number of carbonyl (C=O) groups is 4. The van der Waals surface area contributed by atoms with E-state index in [-0.39, 0.29) is 35.7 Å². The first-order valence-electron chi connectivity index (χ1n) is 38.1. The summed E-state index contributed by atoms with van der Waals surface area (Å²) in [6, 6.07) is 64.5. The first-order valence-corrected chi connectivity index (χ1v) is 38.1. The normalized spacial score (nSPS) is 13.7. The van der Waals surface area contributed by atoms with Crippen molar-refractivity contribution in [3.05, 3.63) is 260 Å². The van der Waals surface area contributed by atoms with Crippen LogP contribution in [-0.4, -0.2) is 23.9 Å². The summed E-state index contributed by atoms with van der Waals surface area (Å²) >= 11 is 0. The minimum absolute atomic E-state index is 0.0609. The third-order valence-electron chi connectivity index (χ3n) is 23.5. The van der Waals surface area contributed by atoms with Gasteiger partial charge in [-0.25, -0.2) is 0 Å². The number of hydrogen-bond donors (Lipinski definition) is 0.